The van der Waals surface area contributed by atoms with Crippen molar-refractivity contribution in [2.45, 2.75) is 38.5 Å². The first-order valence-corrected chi connectivity index (χ1v) is 22.0. The van der Waals surface area contributed by atoms with Crippen LogP contribution in [-0.4, -0.2) is 0 Å². The molecular formula is C62H46. The van der Waals surface area contributed by atoms with Gasteiger partial charge in [-0.15, -0.1) is 0 Å². The third-order valence-corrected chi connectivity index (χ3v) is 14.3. The number of rotatable bonds is 5. The van der Waals surface area contributed by atoms with Crippen molar-refractivity contribution in [3.05, 3.63) is 229 Å². The van der Waals surface area contributed by atoms with E-state index in [4.69, 9.17) is 0 Å². The Kier molecular flexibility index (Phi) is 8.03. The van der Waals surface area contributed by atoms with E-state index in [2.05, 4.69) is 234 Å². The zero-order valence-electron chi connectivity index (χ0n) is 35.6. The summed E-state index contributed by atoms with van der Waals surface area (Å²) in [6, 6.07) is 77.4. The summed E-state index contributed by atoms with van der Waals surface area (Å²) in [5.74, 6) is 0. The fourth-order valence-corrected chi connectivity index (χ4v) is 11.1. The molecule has 0 saturated carbocycles. The molecule has 12 rings (SSSR count). The molecule has 0 nitrogen and oxygen atoms in total. The summed E-state index contributed by atoms with van der Waals surface area (Å²) in [6.07, 6.45) is 0. The molecule has 294 valence electrons. The standard InChI is InChI=1S/C62H46/c1-61(2)55-23-12-10-19-47(55)49-32-29-44(37-57(49)61)43-30-34-53-54(36-43)60(46-31-33-50-48-20-11-13-24-56(48)62(3,4)58(50)38-46)52-22-9-8-21-51(52)59(53)45-18-14-17-42(35-45)41-27-25-40(26-28-41)39-15-6-5-7-16-39/h5-38H,1-4H3. The summed E-state index contributed by atoms with van der Waals surface area (Å²) >= 11 is 0. The Morgan fingerprint density at radius 3 is 1.24 bits per heavy atom. The monoisotopic (exact) mass is 790 g/mol. The predicted molar refractivity (Wildman–Crippen MR) is 264 cm³/mol. The van der Waals surface area contributed by atoms with Crippen molar-refractivity contribution in [1.29, 1.82) is 0 Å². The summed E-state index contributed by atoms with van der Waals surface area (Å²) in [4.78, 5) is 0. The fraction of sp³-hybridized carbons (Fsp3) is 0.0968. The molecule has 2 aliphatic rings. The normalized spacial score (nSPS) is 14.1. The van der Waals surface area contributed by atoms with Crippen LogP contribution >= 0.6 is 0 Å². The van der Waals surface area contributed by atoms with Crippen molar-refractivity contribution < 1.29 is 0 Å². The number of hydrogen-bond donors (Lipinski definition) is 0. The topological polar surface area (TPSA) is 0 Å². The van der Waals surface area contributed by atoms with E-state index in [0.29, 0.717) is 0 Å². The van der Waals surface area contributed by atoms with E-state index >= 15 is 0 Å². The molecule has 0 saturated heterocycles. The Morgan fingerprint density at radius 1 is 0.226 bits per heavy atom. The van der Waals surface area contributed by atoms with E-state index in [-0.39, 0.29) is 10.8 Å². The van der Waals surface area contributed by atoms with Crippen molar-refractivity contribution >= 4 is 21.5 Å². The lowest BCUT2D eigenvalue weighted by atomic mass is 9.80. The molecule has 0 aliphatic heterocycles. The van der Waals surface area contributed by atoms with Crippen molar-refractivity contribution in [3.8, 4) is 77.9 Å². The minimum Gasteiger partial charge on any atom is -0.0622 e. The number of hydrogen-bond acceptors (Lipinski definition) is 0. The smallest absolute Gasteiger partial charge is 0.0159 e. The Hall–Kier alpha value is -7.28. The summed E-state index contributed by atoms with van der Waals surface area (Å²) in [5, 5.41) is 5.06. The lowest BCUT2D eigenvalue weighted by Gasteiger charge is -2.23. The van der Waals surface area contributed by atoms with E-state index in [0.717, 1.165) is 0 Å². The SMILES string of the molecule is CC1(C)c2ccccc2-c2ccc(-c3ccc4c(-c5cccc(-c6ccc(-c7ccccc7)cc6)c5)c5ccccc5c(-c5ccc6c(c5)C(C)(C)c5ccccc5-6)c4c3)cc21. The van der Waals surface area contributed by atoms with Gasteiger partial charge in [0, 0.05) is 10.8 Å². The zero-order chi connectivity index (χ0) is 41.7. The largest absolute Gasteiger partial charge is 0.0622 e. The Morgan fingerprint density at radius 2 is 0.597 bits per heavy atom. The fourth-order valence-electron chi connectivity index (χ4n) is 11.1. The van der Waals surface area contributed by atoms with Crippen LogP contribution in [0.15, 0.2) is 206 Å². The predicted octanol–water partition coefficient (Wildman–Crippen LogP) is 16.9. The first-order valence-electron chi connectivity index (χ1n) is 22.0. The molecule has 0 amide bonds. The van der Waals surface area contributed by atoms with Gasteiger partial charge in [-0.05, 0) is 146 Å². The highest BCUT2D eigenvalue weighted by molar-refractivity contribution is 6.22. The highest BCUT2D eigenvalue weighted by atomic mass is 14.4. The van der Waals surface area contributed by atoms with E-state index in [1.807, 2.05) is 0 Å². The van der Waals surface area contributed by atoms with Crippen LogP contribution < -0.4 is 0 Å². The molecule has 0 aromatic heterocycles. The molecule has 0 unspecified atom stereocenters. The molecule has 62 heavy (non-hydrogen) atoms. The van der Waals surface area contributed by atoms with Gasteiger partial charge in [0.05, 0.1) is 0 Å². The first kappa shape index (κ1) is 36.6. The van der Waals surface area contributed by atoms with Crippen molar-refractivity contribution in [3.63, 3.8) is 0 Å². The molecule has 0 spiro atoms. The van der Waals surface area contributed by atoms with Crippen LogP contribution in [0.4, 0.5) is 0 Å². The molecule has 0 fully saturated rings. The Bertz CT molecular complexity index is 3430. The van der Waals surface area contributed by atoms with Gasteiger partial charge in [-0.1, -0.05) is 210 Å². The molecule has 0 heteroatoms. The number of benzene rings is 10. The lowest BCUT2D eigenvalue weighted by molar-refractivity contribution is 0.660. The van der Waals surface area contributed by atoms with Crippen molar-refractivity contribution in [1.82, 2.24) is 0 Å². The van der Waals surface area contributed by atoms with Gasteiger partial charge in [0.1, 0.15) is 0 Å². The maximum absolute atomic E-state index is 2.50. The van der Waals surface area contributed by atoms with Gasteiger partial charge in [0.25, 0.3) is 0 Å². The molecule has 10 aromatic carbocycles. The van der Waals surface area contributed by atoms with Crippen LogP contribution in [0.1, 0.15) is 49.9 Å². The maximum atomic E-state index is 2.50. The molecule has 2 aliphatic carbocycles. The second-order valence-corrected chi connectivity index (χ2v) is 18.4. The minimum atomic E-state index is -0.104. The lowest BCUT2D eigenvalue weighted by Crippen LogP contribution is -2.14. The van der Waals surface area contributed by atoms with Crippen LogP contribution in [0, 0.1) is 0 Å². The van der Waals surface area contributed by atoms with E-state index in [1.54, 1.807) is 0 Å². The van der Waals surface area contributed by atoms with Gasteiger partial charge in [0.2, 0.25) is 0 Å². The van der Waals surface area contributed by atoms with E-state index in [1.165, 1.54) is 122 Å². The van der Waals surface area contributed by atoms with Gasteiger partial charge in [0.15, 0.2) is 0 Å². The molecule has 0 atom stereocenters. The van der Waals surface area contributed by atoms with E-state index < -0.39 is 0 Å². The van der Waals surface area contributed by atoms with Gasteiger partial charge in [-0.2, -0.15) is 0 Å². The zero-order valence-corrected chi connectivity index (χ0v) is 35.6. The van der Waals surface area contributed by atoms with Gasteiger partial charge in [-0.25, -0.2) is 0 Å². The van der Waals surface area contributed by atoms with Crippen molar-refractivity contribution in [2.24, 2.45) is 0 Å². The van der Waals surface area contributed by atoms with Gasteiger partial charge < -0.3 is 0 Å². The minimum absolute atomic E-state index is 0.0744. The van der Waals surface area contributed by atoms with E-state index in [9.17, 15) is 0 Å². The van der Waals surface area contributed by atoms with Crippen LogP contribution in [-0.2, 0) is 10.8 Å². The highest BCUT2D eigenvalue weighted by Gasteiger charge is 2.37. The van der Waals surface area contributed by atoms with Crippen LogP contribution in [0.3, 0.4) is 0 Å². The maximum Gasteiger partial charge on any atom is 0.0159 e. The average Bonchev–Trinajstić information content (AvgIpc) is 3.69. The van der Waals surface area contributed by atoms with Gasteiger partial charge in [-0.3, -0.25) is 0 Å². The third kappa shape index (κ3) is 5.46. The second-order valence-electron chi connectivity index (χ2n) is 18.4. The molecule has 0 bridgehead atoms. The molecule has 0 N–H and O–H groups in total. The summed E-state index contributed by atoms with van der Waals surface area (Å²) in [6.45, 7) is 9.51. The number of fused-ring (bicyclic) bond motifs is 8. The van der Waals surface area contributed by atoms with Gasteiger partial charge >= 0.3 is 0 Å². The molecule has 10 aromatic rings. The van der Waals surface area contributed by atoms with Crippen molar-refractivity contribution in [2.75, 3.05) is 0 Å². The summed E-state index contributed by atoms with van der Waals surface area (Å²) in [7, 11) is 0. The summed E-state index contributed by atoms with van der Waals surface area (Å²) < 4.78 is 0. The Labute approximate surface area is 364 Å². The molecule has 0 heterocycles. The van der Waals surface area contributed by atoms with Crippen LogP contribution in [0.25, 0.3) is 99.4 Å². The summed E-state index contributed by atoms with van der Waals surface area (Å²) in [5.41, 5.74) is 23.2. The Balaban J connectivity index is 1.08. The second kappa shape index (κ2) is 13.6. The van der Waals surface area contributed by atoms with Crippen LogP contribution in [0.5, 0.6) is 0 Å². The molecule has 0 radical (unpaired) electrons. The quantitative estimate of drug-likeness (QED) is 0.152. The highest BCUT2D eigenvalue weighted by Crippen LogP contribution is 2.53. The first-order chi connectivity index (χ1) is 30.3. The molecular weight excluding hydrogens is 745 g/mol. The average molecular weight is 791 g/mol. The van der Waals surface area contributed by atoms with Crippen LogP contribution in [0.2, 0.25) is 0 Å². The third-order valence-electron chi connectivity index (χ3n) is 14.3.